The van der Waals surface area contributed by atoms with Gasteiger partial charge in [-0.15, -0.1) is 11.3 Å². The summed E-state index contributed by atoms with van der Waals surface area (Å²) in [5, 5.41) is 13.7. The Morgan fingerprint density at radius 2 is 2.16 bits per heavy atom. The van der Waals surface area contributed by atoms with Crippen LogP contribution in [0, 0.1) is 0 Å². The first kappa shape index (κ1) is 14.4. The van der Waals surface area contributed by atoms with Crippen molar-refractivity contribution in [3.63, 3.8) is 0 Å². The van der Waals surface area contributed by atoms with Gasteiger partial charge in [-0.1, -0.05) is 32.4 Å². The van der Waals surface area contributed by atoms with Crippen molar-refractivity contribution in [3.05, 3.63) is 45.1 Å². The number of aliphatic hydroxyl groups is 1. The van der Waals surface area contributed by atoms with Crippen molar-refractivity contribution in [2.45, 2.75) is 38.7 Å². The molecule has 3 nitrogen and oxygen atoms in total. The molecule has 0 aliphatic carbocycles. The van der Waals surface area contributed by atoms with Gasteiger partial charge in [-0.25, -0.2) is 4.98 Å². The van der Waals surface area contributed by atoms with Gasteiger partial charge in [-0.3, -0.25) is 4.98 Å². The summed E-state index contributed by atoms with van der Waals surface area (Å²) in [6, 6.07) is 1.74. The van der Waals surface area contributed by atoms with Crippen molar-refractivity contribution >= 4 is 22.9 Å². The van der Waals surface area contributed by atoms with Crippen LogP contribution in [0.1, 0.15) is 43.1 Å². The number of thiazole rings is 1. The lowest BCUT2D eigenvalue weighted by Gasteiger charge is -2.14. The van der Waals surface area contributed by atoms with Crippen LogP contribution in [0.5, 0.6) is 0 Å². The highest BCUT2D eigenvalue weighted by molar-refractivity contribution is 7.09. The fraction of sp³-hybridized carbons (Fsp3) is 0.429. The van der Waals surface area contributed by atoms with Gasteiger partial charge in [-0.05, 0) is 6.07 Å². The third kappa shape index (κ3) is 3.53. The lowest BCUT2D eigenvalue weighted by molar-refractivity contribution is 0.178. The minimum absolute atomic E-state index is 0.0357. The van der Waals surface area contributed by atoms with E-state index in [1.165, 1.54) is 0 Å². The number of aromatic nitrogens is 2. The van der Waals surface area contributed by atoms with Gasteiger partial charge in [-0.2, -0.15) is 0 Å². The van der Waals surface area contributed by atoms with Crippen molar-refractivity contribution in [1.82, 2.24) is 9.97 Å². The van der Waals surface area contributed by atoms with Crippen LogP contribution in [-0.4, -0.2) is 15.1 Å². The molecular weight excluding hydrogens is 280 g/mol. The van der Waals surface area contributed by atoms with Gasteiger partial charge in [0.2, 0.25) is 0 Å². The number of rotatable bonds is 3. The normalized spacial score (nSPS) is 13.5. The van der Waals surface area contributed by atoms with Gasteiger partial charge in [0.25, 0.3) is 0 Å². The minimum atomic E-state index is -0.644. The third-order valence-electron chi connectivity index (χ3n) is 2.85. The van der Waals surface area contributed by atoms with E-state index in [2.05, 4.69) is 36.1 Å². The second kappa shape index (κ2) is 5.57. The monoisotopic (exact) mass is 296 g/mol. The lowest BCUT2D eigenvalue weighted by Crippen LogP contribution is -2.12. The SMILES string of the molecule is CC(C)(C)c1csc(CC(O)c2ccncc2Cl)n1. The van der Waals surface area contributed by atoms with E-state index in [9.17, 15) is 5.11 Å². The van der Waals surface area contributed by atoms with Gasteiger partial charge in [0.15, 0.2) is 0 Å². The van der Waals surface area contributed by atoms with E-state index in [0.29, 0.717) is 17.0 Å². The Kier molecular flexibility index (Phi) is 4.23. The molecule has 1 N–H and O–H groups in total. The molecule has 2 heterocycles. The van der Waals surface area contributed by atoms with Gasteiger partial charge in [0.1, 0.15) is 0 Å². The average molecular weight is 297 g/mol. The van der Waals surface area contributed by atoms with Crippen molar-refractivity contribution in [2.75, 3.05) is 0 Å². The summed E-state index contributed by atoms with van der Waals surface area (Å²) in [6.45, 7) is 6.38. The maximum atomic E-state index is 10.2. The highest BCUT2D eigenvalue weighted by Crippen LogP contribution is 2.28. The summed E-state index contributed by atoms with van der Waals surface area (Å²) in [4.78, 5) is 8.49. The first-order valence-electron chi connectivity index (χ1n) is 6.10. The molecular formula is C14H17ClN2OS. The van der Waals surface area contributed by atoms with Crippen LogP contribution in [0.15, 0.2) is 23.8 Å². The summed E-state index contributed by atoms with van der Waals surface area (Å²) in [5.74, 6) is 0. The van der Waals surface area contributed by atoms with E-state index in [4.69, 9.17) is 11.6 Å². The number of aliphatic hydroxyl groups excluding tert-OH is 1. The molecule has 0 aromatic carbocycles. The molecule has 2 aromatic rings. The number of nitrogens with zero attached hydrogens (tertiary/aromatic N) is 2. The molecule has 0 aliphatic rings. The smallest absolute Gasteiger partial charge is 0.0957 e. The molecule has 0 bridgehead atoms. The largest absolute Gasteiger partial charge is 0.388 e. The van der Waals surface area contributed by atoms with Crippen LogP contribution < -0.4 is 0 Å². The van der Waals surface area contributed by atoms with E-state index >= 15 is 0 Å². The van der Waals surface area contributed by atoms with E-state index in [1.54, 1.807) is 29.8 Å². The van der Waals surface area contributed by atoms with Crippen molar-refractivity contribution < 1.29 is 5.11 Å². The quantitative estimate of drug-likeness (QED) is 0.938. The molecule has 1 atom stereocenters. The molecule has 2 aromatic heterocycles. The number of halogens is 1. The Bertz CT molecular complexity index is 563. The Hall–Kier alpha value is -0.970. The summed E-state index contributed by atoms with van der Waals surface area (Å²) in [5.41, 5.74) is 1.79. The van der Waals surface area contributed by atoms with Crippen LogP contribution in [0.3, 0.4) is 0 Å². The average Bonchev–Trinajstić information content (AvgIpc) is 2.77. The molecule has 0 saturated carbocycles. The fourth-order valence-corrected chi connectivity index (χ4v) is 2.99. The van der Waals surface area contributed by atoms with E-state index in [0.717, 1.165) is 10.7 Å². The molecule has 0 amide bonds. The second-order valence-corrected chi connectivity index (χ2v) is 6.84. The predicted molar refractivity (Wildman–Crippen MR) is 78.7 cm³/mol. The van der Waals surface area contributed by atoms with Gasteiger partial charge >= 0.3 is 0 Å². The van der Waals surface area contributed by atoms with Crippen LogP contribution in [-0.2, 0) is 11.8 Å². The van der Waals surface area contributed by atoms with Crippen molar-refractivity contribution in [2.24, 2.45) is 0 Å². The van der Waals surface area contributed by atoms with E-state index < -0.39 is 6.10 Å². The predicted octanol–water partition coefficient (Wildman–Crippen LogP) is 3.77. The molecule has 0 saturated heterocycles. The highest BCUT2D eigenvalue weighted by atomic mass is 35.5. The standard InChI is InChI=1S/C14H17ClN2OS/c1-14(2,3)12-8-19-13(17-12)6-11(18)9-4-5-16-7-10(9)15/h4-5,7-8,11,18H,6H2,1-3H3. The zero-order valence-corrected chi connectivity index (χ0v) is 12.8. The summed E-state index contributed by atoms with van der Waals surface area (Å²) >= 11 is 7.60. The van der Waals surface area contributed by atoms with Crippen molar-refractivity contribution in [3.8, 4) is 0 Å². The molecule has 0 aliphatic heterocycles. The van der Waals surface area contributed by atoms with Crippen molar-refractivity contribution in [1.29, 1.82) is 0 Å². The maximum absolute atomic E-state index is 10.2. The van der Waals surface area contributed by atoms with Gasteiger partial charge in [0, 0.05) is 35.2 Å². The summed E-state index contributed by atoms with van der Waals surface area (Å²) in [7, 11) is 0. The zero-order chi connectivity index (χ0) is 14.0. The molecule has 1 unspecified atom stereocenters. The molecule has 0 spiro atoms. The first-order chi connectivity index (χ1) is 8.88. The lowest BCUT2D eigenvalue weighted by atomic mass is 9.93. The molecule has 19 heavy (non-hydrogen) atoms. The molecule has 5 heteroatoms. The van der Waals surface area contributed by atoms with Gasteiger partial charge < -0.3 is 5.11 Å². The zero-order valence-electron chi connectivity index (χ0n) is 11.2. The summed E-state index contributed by atoms with van der Waals surface area (Å²) in [6.07, 6.45) is 3.01. The van der Waals surface area contributed by atoms with Crippen LogP contribution >= 0.6 is 22.9 Å². The number of hydrogen-bond acceptors (Lipinski definition) is 4. The van der Waals surface area contributed by atoms with Crippen LogP contribution in [0.2, 0.25) is 5.02 Å². The first-order valence-corrected chi connectivity index (χ1v) is 7.36. The Labute approximate surface area is 122 Å². The summed E-state index contributed by atoms with van der Waals surface area (Å²) < 4.78 is 0. The highest BCUT2D eigenvalue weighted by Gasteiger charge is 2.19. The molecule has 2 rings (SSSR count). The fourth-order valence-electron chi connectivity index (χ4n) is 1.68. The number of hydrogen-bond donors (Lipinski definition) is 1. The number of pyridine rings is 1. The second-order valence-electron chi connectivity index (χ2n) is 5.49. The maximum Gasteiger partial charge on any atom is 0.0957 e. The Morgan fingerprint density at radius 1 is 1.42 bits per heavy atom. The third-order valence-corrected chi connectivity index (χ3v) is 4.04. The Morgan fingerprint density at radius 3 is 2.74 bits per heavy atom. The minimum Gasteiger partial charge on any atom is -0.388 e. The Balaban J connectivity index is 2.14. The molecule has 102 valence electrons. The van der Waals surface area contributed by atoms with Crippen LogP contribution in [0.25, 0.3) is 0 Å². The van der Waals surface area contributed by atoms with Gasteiger partial charge in [0.05, 0.1) is 21.8 Å². The van der Waals surface area contributed by atoms with E-state index in [-0.39, 0.29) is 5.41 Å². The molecule has 0 radical (unpaired) electrons. The molecule has 0 fully saturated rings. The van der Waals surface area contributed by atoms with Crippen LogP contribution in [0.4, 0.5) is 0 Å². The van der Waals surface area contributed by atoms with E-state index in [1.807, 2.05) is 0 Å². The topological polar surface area (TPSA) is 46.0 Å².